The number of aryl methyl sites for hydroxylation is 1. The zero-order valence-electron chi connectivity index (χ0n) is 21.4. The van der Waals surface area contributed by atoms with Crippen molar-refractivity contribution < 1.29 is 24.6 Å². The summed E-state index contributed by atoms with van der Waals surface area (Å²) in [6, 6.07) is 17.0. The van der Waals surface area contributed by atoms with Crippen molar-refractivity contribution >= 4 is 46.6 Å². The van der Waals surface area contributed by atoms with Gasteiger partial charge in [0.15, 0.2) is 0 Å². The SMILES string of the molecule is Br.O=C(O)[C@H](CCc1ccccc1)N[C@@H](CSCc1ccccc1)C(=O)N1[C@@H]2CCCC[C@@H]2C[C@H]1C(=O)O. The number of nitrogens with one attached hydrogen (secondary N) is 1. The van der Waals surface area contributed by atoms with Gasteiger partial charge in [0.1, 0.15) is 12.1 Å². The summed E-state index contributed by atoms with van der Waals surface area (Å²) < 4.78 is 0. The van der Waals surface area contributed by atoms with Crippen LogP contribution in [0.3, 0.4) is 0 Å². The lowest BCUT2D eigenvalue weighted by Crippen LogP contribution is -2.57. The summed E-state index contributed by atoms with van der Waals surface area (Å²) in [5.74, 6) is -1.02. The Morgan fingerprint density at radius 1 is 0.921 bits per heavy atom. The van der Waals surface area contributed by atoms with Crippen LogP contribution in [-0.4, -0.2) is 62.9 Å². The monoisotopic (exact) mass is 604 g/mol. The minimum Gasteiger partial charge on any atom is -0.480 e. The third kappa shape index (κ3) is 7.83. The van der Waals surface area contributed by atoms with Gasteiger partial charge < -0.3 is 15.1 Å². The first-order chi connectivity index (χ1) is 17.9. The van der Waals surface area contributed by atoms with Gasteiger partial charge in [0.05, 0.1) is 6.04 Å². The van der Waals surface area contributed by atoms with E-state index in [-0.39, 0.29) is 34.8 Å². The second kappa shape index (κ2) is 14.7. The van der Waals surface area contributed by atoms with Crippen molar-refractivity contribution in [2.24, 2.45) is 5.92 Å². The fourth-order valence-corrected chi connectivity index (χ4v) is 6.73. The number of fused-ring (bicyclic) bond motifs is 1. The summed E-state index contributed by atoms with van der Waals surface area (Å²) in [5.41, 5.74) is 2.15. The first-order valence-electron chi connectivity index (χ1n) is 13.1. The minimum atomic E-state index is -1.01. The molecule has 2 fully saturated rings. The van der Waals surface area contributed by atoms with Crippen molar-refractivity contribution in [3.63, 3.8) is 0 Å². The number of carboxylic acids is 2. The van der Waals surface area contributed by atoms with E-state index in [1.165, 1.54) is 0 Å². The molecule has 1 heterocycles. The number of benzene rings is 2. The van der Waals surface area contributed by atoms with Gasteiger partial charge in [-0.3, -0.25) is 14.9 Å². The average molecular weight is 606 g/mol. The topological polar surface area (TPSA) is 107 Å². The Kier molecular flexibility index (Phi) is 11.7. The molecule has 1 aliphatic heterocycles. The predicted molar refractivity (Wildman–Crippen MR) is 155 cm³/mol. The van der Waals surface area contributed by atoms with Crippen molar-refractivity contribution in [3.8, 4) is 0 Å². The molecule has 2 aromatic rings. The van der Waals surface area contributed by atoms with Crippen LogP contribution in [0.15, 0.2) is 60.7 Å². The molecule has 38 heavy (non-hydrogen) atoms. The smallest absolute Gasteiger partial charge is 0.326 e. The third-order valence-corrected chi connectivity index (χ3v) is 8.69. The maximum Gasteiger partial charge on any atom is 0.326 e. The van der Waals surface area contributed by atoms with Crippen LogP contribution in [0.4, 0.5) is 0 Å². The van der Waals surface area contributed by atoms with E-state index in [0.29, 0.717) is 30.8 Å². The summed E-state index contributed by atoms with van der Waals surface area (Å²) in [5, 5.41) is 23.1. The Bertz CT molecular complexity index is 1060. The molecule has 1 saturated heterocycles. The first-order valence-corrected chi connectivity index (χ1v) is 14.3. The van der Waals surface area contributed by atoms with Crippen molar-refractivity contribution in [1.82, 2.24) is 10.2 Å². The van der Waals surface area contributed by atoms with Crippen LogP contribution < -0.4 is 5.32 Å². The van der Waals surface area contributed by atoms with Gasteiger partial charge >= 0.3 is 11.9 Å². The number of likely N-dealkylation sites (tertiary alicyclic amines) is 1. The second-order valence-electron chi connectivity index (χ2n) is 10.1. The van der Waals surface area contributed by atoms with Gasteiger partial charge in [-0.05, 0) is 49.1 Å². The van der Waals surface area contributed by atoms with E-state index in [4.69, 9.17) is 0 Å². The quantitative estimate of drug-likeness (QED) is 0.320. The van der Waals surface area contributed by atoms with Crippen molar-refractivity contribution in [2.75, 3.05) is 5.75 Å². The molecule has 3 N–H and O–H groups in total. The van der Waals surface area contributed by atoms with Gasteiger partial charge in [-0.25, -0.2) is 4.79 Å². The van der Waals surface area contributed by atoms with E-state index in [1.54, 1.807) is 16.7 Å². The zero-order valence-corrected chi connectivity index (χ0v) is 23.9. The molecule has 1 aliphatic carbocycles. The van der Waals surface area contributed by atoms with Crippen molar-refractivity contribution in [3.05, 3.63) is 71.8 Å². The lowest BCUT2D eigenvalue weighted by atomic mass is 9.84. The Morgan fingerprint density at radius 2 is 1.55 bits per heavy atom. The Morgan fingerprint density at radius 3 is 2.18 bits per heavy atom. The van der Waals surface area contributed by atoms with E-state index >= 15 is 0 Å². The molecule has 1 amide bonds. The van der Waals surface area contributed by atoms with Gasteiger partial charge in [-0.15, -0.1) is 17.0 Å². The Balaban J connectivity index is 0.00000400. The molecule has 9 heteroatoms. The van der Waals surface area contributed by atoms with Gasteiger partial charge in [-0.1, -0.05) is 73.5 Å². The highest BCUT2D eigenvalue weighted by atomic mass is 79.9. The van der Waals surface area contributed by atoms with Crippen LogP contribution >= 0.6 is 28.7 Å². The lowest BCUT2D eigenvalue weighted by molar-refractivity contribution is -0.151. The highest BCUT2D eigenvalue weighted by Crippen LogP contribution is 2.40. The van der Waals surface area contributed by atoms with Crippen LogP contribution in [0.2, 0.25) is 0 Å². The highest BCUT2D eigenvalue weighted by molar-refractivity contribution is 8.93. The van der Waals surface area contributed by atoms with Crippen LogP contribution in [0.1, 0.15) is 49.7 Å². The number of aliphatic carboxylic acids is 2. The van der Waals surface area contributed by atoms with E-state index in [1.807, 2.05) is 60.7 Å². The number of carbonyl (C=O) groups excluding carboxylic acids is 1. The molecule has 0 unspecified atom stereocenters. The summed E-state index contributed by atoms with van der Waals surface area (Å²) >= 11 is 1.56. The van der Waals surface area contributed by atoms with Crippen LogP contribution in [0.25, 0.3) is 0 Å². The van der Waals surface area contributed by atoms with E-state index in [2.05, 4.69) is 5.32 Å². The maximum absolute atomic E-state index is 14.0. The number of halogens is 1. The van der Waals surface area contributed by atoms with Crippen molar-refractivity contribution in [1.29, 1.82) is 0 Å². The molecular weight excluding hydrogens is 568 g/mol. The number of nitrogens with zero attached hydrogens (tertiary/aromatic N) is 1. The molecule has 0 spiro atoms. The van der Waals surface area contributed by atoms with Gasteiger partial charge in [-0.2, -0.15) is 11.8 Å². The molecule has 5 atom stereocenters. The number of carboxylic acid groups (broad SMARTS) is 2. The average Bonchev–Trinajstić information content (AvgIpc) is 3.31. The molecule has 0 aromatic heterocycles. The number of hydrogen-bond donors (Lipinski definition) is 3. The second-order valence-corrected chi connectivity index (χ2v) is 11.1. The molecule has 2 aromatic carbocycles. The van der Waals surface area contributed by atoms with Gasteiger partial charge in [0.25, 0.3) is 0 Å². The largest absolute Gasteiger partial charge is 0.480 e. The number of amides is 1. The van der Waals surface area contributed by atoms with E-state index < -0.39 is 30.1 Å². The summed E-state index contributed by atoms with van der Waals surface area (Å²) in [7, 11) is 0. The van der Waals surface area contributed by atoms with Crippen LogP contribution in [0.5, 0.6) is 0 Å². The normalized spacial score (nSPS) is 22.1. The Labute approximate surface area is 239 Å². The zero-order chi connectivity index (χ0) is 26.2. The molecule has 2 aliphatic rings. The van der Waals surface area contributed by atoms with E-state index in [9.17, 15) is 24.6 Å². The molecule has 206 valence electrons. The fourth-order valence-electron chi connectivity index (χ4n) is 5.71. The van der Waals surface area contributed by atoms with E-state index in [0.717, 1.165) is 36.8 Å². The maximum atomic E-state index is 14.0. The Hall–Kier alpha value is -2.36. The van der Waals surface area contributed by atoms with Gasteiger partial charge in [0, 0.05) is 17.5 Å². The number of hydrogen-bond acceptors (Lipinski definition) is 5. The molecule has 4 rings (SSSR count). The summed E-state index contributed by atoms with van der Waals surface area (Å²) in [6.07, 6.45) is 5.16. The molecule has 0 radical (unpaired) electrons. The number of rotatable bonds is 12. The number of carbonyl (C=O) groups is 3. The summed E-state index contributed by atoms with van der Waals surface area (Å²) in [6.45, 7) is 0. The molecular formula is C29H37BrN2O5S. The van der Waals surface area contributed by atoms with Crippen LogP contribution in [0, 0.1) is 5.92 Å². The van der Waals surface area contributed by atoms with Crippen LogP contribution in [-0.2, 0) is 26.6 Å². The molecule has 0 bridgehead atoms. The lowest BCUT2D eigenvalue weighted by Gasteiger charge is -2.36. The third-order valence-electron chi connectivity index (χ3n) is 7.59. The predicted octanol–water partition coefficient (Wildman–Crippen LogP) is 4.79. The standard InChI is InChI=1S/C29H36N2O5S.BrH/c32-27(31-25-14-8-7-13-22(25)17-26(31)29(35)36)24(19-37-18-21-11-5-2-6-12-21)30-23(28(33)34)16-15-20-9-3-1-4-10-20;/h1-6,9-12,22-26,30H,7-8,13-19H2,(H,33,34)(H,35,36);1H/t22-,23+,24+,25-,26+;/m1./s1. The molecule has 1 saturated carbocycles. The van der Waals surface area contributed by atoms with Crippen molar-refractivity contribution in [2.45, 2.75) is 74.9 Å². The first kappa shape index (κ1) is 30.2. The fraction of sp³-hybridized carbons (Fsp3) is 0.483. The molecule has 7 nitrogen and oxygen atoms in total. The summed E-state index contributed by atoms with van der Waals surface area (Å²) in [4.78, 5) is 39.9. The van der Waals surface area contributed by atoms with Gasteiger partial charge in [0.2, 0.25) is 5.91 Å². The number of thioether (sulfide) groups is 1. The highest BCUT2D eigenvalue weighted by Gasteiger charge is 2.49. The minimum absolute atomic E-state index is 0.